The molecule has 4 heteroatoms. The second kappa shape index (κ2) is 5.22. The molecule has 0 saturated heterocycles. The highest BCUT2D eigenvalue weighted by molar-refractivity contribution is 6.08. The van der Waals surface area contributed by atoms with E-state index in [1.165, 1.54) is 0 Å². The van der Waals surface area contributed by atoms with Gasteiger partial charge in [-0.15, -0.1) is 0 Å². The summed E-state index contributed by atoms with van der Waals surface area (Å²) >= 11 is 0. The number of aryl methyl sites for hydroxylation is 1. The van der Waals surface area contributed by atoms with Crippen LogP contribution in [0.1, 0.15) is 34.0 Å². The maximum Gasteiger partial charge on any atom is 0.262 e. The molecule has 0 aromatic heterocycles. The Morgan fingerprint density at radius 2 is 2.00 bits per heavy atom. The lowest BCUT2D eigenvalue weighted by atomic mass is 9.98. The van der Waals surface area contributed by atoms with Gasteiger partial charge in [-0.2, -0.15) is 0 Å². The summed E-state index contributed by atoms with van der Waals surface area (Å²) in [7, 11) is 0. The molecule has 2 aromatic rings. The maximum atomic E-state index is 12.7. The van der Waals surface area contributed by atoms with Gasteiger partial charge in [0.2, 0.25) is 0 Å². The Morgan fingerprint density at radius 3 is 2.76 bits per heavy atom. The zero-order chi connectivity index (χ0) is 15.0. The lowest BCUT2D eigenvalue weighted by Crippen LogP contribution is -2.36. The van der Waals surface area contributed by atoms with Gasteiger partial charge in [0.15, 0.2) is 0 Å². The summed E-state index contributed by atoms with van der Waals surface area (Å²) in [5.74, 6) is -0.254. The van der Waals surface area contributed by atoms with Crippen molar-refractivity contribution in [1.82, 2.24) is 0 Å². The molecule has 1 unspecified atom stereocenters. The predicted molar refractivity (Wildman–Crippen MR) is 80.5 cm³/mol. The van der Waals surface area contributed by atoms with Gasteiger partial charge in [-0.05, 0) is 37.1 Å². The van der Waals surface area contributed by atoms with Crippen molar-refractivity contribution in [2.75, 3.05) is 11.4 Å². The highest BCUT2D eigenvalue weighted by Gasteiger charge is 2.28. The van der Waals surface area contributed by atoms with Crippen LogP contribution in [0.25, 0.3) is 0 Å². The van der Waals surface area contributed by atoms with Crippen molar-refractivity contribution < 1.29 is 15.0 Å². The molecule has 0 fully saturated rings. The first-order valence-electron chi connectivity index (χ1n) is 6.96. The number of nitrogens with zero attached hydrogens (tertiary/aromatic N) is 1. The normalized spacial score (nSPS) is 17.4. The average molecular weight is 283 g/mol. The molecular weight excluding hydrogens is 266 g/mol. The number of carbonyl (C=O) groups is 1. The lowest BCUT2D eigenvalue weighted by molar-refractivity contribution is 0.0968. The highest BCUT2D eigenvalue weighted by Crippen LogP contribution is 2.35. The molecule has 2 aromatic carbocycles. The van der Waals surface area contributed by atoms with Gasteiger partial charge in [0.1, 0.15) is 5.75 Å². The number of aliphatic hydroxyl groups excluding tert-OH is 1. The Bertz CT molecular complexity index is 696. The molecule has 0 radical (unpaired) electrons. The van der Waals surface area contributed by atoms with Gasteiger partial charge in [0, 0.05) is 17.8 Å². The van der Waals surface area contributed by atoms with Gasteiger partial charge in [-0.3, -0.25) is 4.79 Å². The average Bonchev–Trinajstić information content (AvgIpc) is 2.47. The molecule has 1 aliphatic rings. The van der Waals surface area contributed by atoms with Crippen molar-refractivity contribution in [2.45, 2.75) is 19.4 Å². The minimum atomic E-state index is -0.545. The van der Waals surface area contributed by atoms with Crippen LogP contribution in [0.2, 0.25) is 0 Å². The van der Waals surface area contributed by atoms with Gasteiger partial charge in [-0.1, -0.05) is 24.3 Å². The molecule has 0 spiro atoms. The second-order valence-electron chi connectivity index (χ2n) is 5.34. The van der Waals surface area contributed by atoms with Crippen molar-refractivity contribution in [3.63, 3.8) is 0 Å². The summed E-state index contributed by atoms with van der Waals surface area (Å²) in [6, 6.07) is 12.4. The van der Waals surface area contributed by atoms with E-state index in [1.54, 1.807) is 23.1 Å². The van der Waals surface area contributed by atoms with E-state index in [-0.39, 0.29) is 17.2 Å². The first-order chi connectivity index (χ1) is 10.1. The van der Waals surface area contributed by atoms with Gasteiger partial charge in [0.05, 0.1) is 11.7 Å². The van der Waals surface area contributed by atoms with Gasteiger partial charge >= 0.3 is 0 Å². The third-order valence-corrected chi connectivity index (χ3v) is 3.84. The Kier molecular flexibility index (Phi) is 3.39. The number of hydrogen-bond donors (Lipinski definition) is 2. The molecule has 1 atom stereocenters. The monoisotopic (exact) mass is 283 g/mol. The minimum absolute atomic E-state index is 0.0106. The van der Waals surface area contributed by atoms with E-state index in [0.717, 1.165) is 11.1 Å². The molecular formula is C17H17NO3. The van der Waals surface area contributed by atoms with Crippen LogP contribution in [-0.4, -0.2) is 22.7 Å². The van der Waals surface area contributed by atoms with Crippen LogP contribution in [0.4, 0.5) is 5.69 Å². The van der Waals surface area contributed by atoms with E-state index in [2.05, 4.69) is 0 Å². The number of amides is 1. The summed E-state index contributed by atoms with van der Waals surface area (Å²) < 4.78 is 0. The molecule has 1 heterocycles. The highest BCUT2D eigenvalue weighted by atomic mass is 16.3. The van der Waals surface area contributed by atoms with Crippen LogP contribution in [0.3, 0.4) is 0 Å². The smallest absolute Gasteiger partial charge is 0.262 e. The predicted octanol–water partition coefficient (Wildman–Crippen LogP) is 2.78. The number of phenolic OH excluding ortho intramolecular Hbond substituents is 1. The standard InChI is InChI=1S/C17H17NO3/c1-11-6-7-13(16(20)10-11)17(21)18-9-8-15(19)12-4-2-3-5-14(12)18/h2-7,10,15,19-20H,8-9H2,1H3. The van der Waals surface area contributed by atoms with E-state index in [0.29, 0.717) is 18.7 Å². The van der Waals surface area contributed by atoms with Crippen molar-refractivity contribution in [3.05, 3.63) is 59.2 Å². The fraction of sp³-hybridized carbons (Fsp3) is 0.235. The molecule has 1 aliphatic heterocycles. The summed E-state index contributed by atoms with van der Waals surface area (Å²) in [6.45, 7) is 2.30. The molecule has 21 heavy (non-hydrogen) atoms. The number of carbonyl (C=O) groups excluding carboxylic acids is 1. The van der Waals surface area contributed by atoms with E-state index in [4.69, 9.17) is 0 Å². The summed E-state index contributed by atoms with van der Waals surface area (Å²) in [5.41, 5.74) is 2.65. The van der Waals surface area contributed by atoms with Crippen LogP contribution in [0, 0.1) is 6.92 Å². The number of aliphatic hydroxyl groups is 1. The van der Waals surface area contributed by atoms with Crippen molar-refractivity contribution in [1.29, 1.82) is 0 Å². The maximum absolute atomic E-state index is 12.7. The number of anilines is 1. The molecule has 0 aliphatic carbocycles. The van der Waals surface area contributed by atoms with Crippen LogP contribution >= 0.6 is 0 Å². The number of hydrogen-bond acceptors (Lipinski definition) is 3. The number of para-hydroxylation sites is 1. The van der Waals surface area contributed by atoms with E-state index >= 15 is 0 Å². The third kappa shape index (κ3) is 2.38. The molecule has 3 rings (SSSR count). The molecule has 2 N–H and O–H groups in total. The SMILES string of the molecule is Cc1ccc(C(=O)N2CCC(O)c3ccccc32)c(O)c1. The largest absolute Gasteiger partial charge is 0.507 e. The van der Waals surface area contributed by atoms with Crippen molar-refractivity contribution in [3.8, 4) is 5.75 Å². The Hall–Kier alpha value is -2.33. The zero-order valence-corrected chi connectivity index (χ0v) is 11.8. The van der Waals surface area contributed by atoms with Crippen molar-refractivity contribution >= 4 is 11.6 Å². The topological polar surface area (TPSA) is 60.8 Å². The summed E-state index contributed by atoms with van der Waals surface area (Å²) in [4.78, 5) is 14.3. The van der Waals surface area contributed by atoms with Crippen LogP contribution < -0.4 is 4.90 Å². The molecule has 108 valence electrons. The van der Waals surface area contributed by atoms with E-state index in [1.807, 2.05) is 31.2 Å². The zero-order valence-electron chi connectivity index (χ0n) is 11.8. The van der Waals surface area contributed by atoms with Crippen molar-refractivity contribution in [2.24, 2.45) is 0 Å². The molecule has 0 bridgehead atoms. The first kappa shape index (κ1) is 13.6. The number of aromatic hydroxyl groups is 1. The number of fused-ring (bicyclic) bond motifs is 1. The van der Waals surface area contributed by atoms with E-state index in [9.17, 15) is 15.0 Å². The molecule has 1 amide bonds. The van der Waals surface area contributed by atoms with Gasteiger partial charge in [0.25, 0.3) is 5.91 Å². The van der Waals surface area contributed by atoms with Crippen LogP contribution in [0.15, 0.2) is 42.5 Å². The lowest BCUT2D eigenvalue weighted by Gasteiger charge is -2.32. The number of rotatable bonds is 1. The molecule has 4 nitrogen and oxygen atoms in total. The van der Waals surface area contributed by atoms with Crippen LogP contribution in [0.5, 0.6) is 5.75 Å². The fourth-order valence-electron chi connectivity index (χ4n) is 2.72. The van der Waals surface area contributed by atoms with Gasteiger partial charge < -0.3 is 15.1 Å². The second-order valence-corrected chi connectivity index (χ2v) is 5.34. The summed E-state index contributed by atoms with van der Waals surface area (Å²) in [6.07, 6.45) is -0.0492. The number of benzene rings is 2. The first-order valence-corrected chi connectivity index (χ1v) is 6.96. The van der Waals surface area contributed by atoms with E-state index < -0.39 is 6.10 Å². The third-order valence-electron chi connectivity index (χ3n) is 3.84. The summed E-state index contributed by atoms with van der Waals surface area (Å²) in [5, 5.41) is 20.0. The Labute approximate surface area is 123 Å². The Balaban J connectivity index is 2.01. The fourth-order valence-corrected chi connectivity index (χ4v) is 2.72. The van der Waals surface area contributed by atoms with Gasteiger partial charge in [-0.25, -0.2) is 0 Å². The molecule has 0 saturated carbocycles. The number of phenols is 1. The quantitative estimate of drug-likeness (QED) is 0.846. The minimum Gasteiger partial charge on any atom is -0.507 e. The van der Waals surface area contributed by atoms with Crippen LogP contribution in [-0.2, 0) is 0 Å². The Morgan fingerprint density at radius 1 is 1.24 bits per heavy atom.